The highest BCUT2D eigenvalue weighted by molar-refractivity contribution is 6.33. The van der Waals surface area contributed by atoms with Crippen LogP contribution in [0.15, 0.2) is 42.9 Å². The van der Waals surface area contributed by atoms with Gasteiger partial charge in [0.2, 0.25) is 0 Å². The first kappa shape index (κ1) is 10.9. The number of benzene rings is 1. The molecule has 0 aliphatic rings. The van der Waals surface area contributed by atoms with Gasteiger partial charge in [-0.2, -0.15) is 0 Å². The number of carbonyl (C=O) groups is 1. The minimum Gasteiger partial charge on any atom is -0.301 e. The van der Waals surface area contributed by atoms with E-state index in [-0.39, 0.29) is 0 Å². The molecule has 18 heavy (non-hydrogen) atoms. The Kier molecular flexibility index (Phi) is 2.57. The van der Waals surface area contributed by atoms with Gasteiger partial charge in [-0.05, 0) is 18.2 Å². The second kappa shape index (κ2) is 4.23. The Bertz CT molecular complexity index is 736. The van der Waals surface area contributed by atoms with Crippen molar-refractivity contribution in [3.63, 3.8) is 0 Å². The molecule has 0 spiro atoms. The van der Waals surface area contributed by atoms with Crippen molar-refractivity contribution in [2.45, 2.75) is 0 Å². The normalized spacial score (nSPS) is 10.7. The van der Waals surface area contributed by atoms with E-state index in [0.29, 0.717) is 10.7 Å². The zero-order chi connectivity index (χ0) is 12.5. The van der Waals surface area contributed by atoms with E-state index in [2.05, 4.69) is 9.97 Å². The maximum Gasteiger partial charge on any atom is 0.150 e. The second-order valence-electron chi connectivity index (χ2n) is 3.80. The van der Waals surface area contributed by atoms with Crippen molar-refractivity contribution in [3.05, 3.63) is 53.6 Å². The molecule has 1 aromatic carbocycles. The first-order chi connectivity index (χ1) is 8.79. The van der Waals surface area contributed by atoms with Crippen molar-refractivity contribution >= 4 is 28.9 Å². The summed E-state index contributed by atoms with van der Waals surface area (Å²) >= 11 is 6.00. The Morgan fingerprint density at radius 1 is 1.22 bits per heavy atom. The number of halogens is 1. The van der Waals surface area contributed by atoms with Crippen LogP contribution < -0.4 is 0 Å². The van der Waals surface area contributed by atoms with Gasteiger partial charge in [0.15, 0.2) is 0 Å². The molecule has 0 aliphatic carbocycles. The maximum atomic E-state index is 10.8. The third kappa shape index (κ3) is 1.67. The van der Waals surface area contributed by atoms with E-state index in [1.165, 1.54) is 6.33 Å². The molecule has 0 bridgehead atoms. The molecular weight excluding hydrogens is 250 g/mol. The first-order valence-corrected chi connectivity index (χ1v) is 5.70. The molecule has 0 saturated heterocycles. The SMILES string of the molecule is O=Cc1cccc(-n2ccc3c(Cl)ncnc32)c1. The number of fused-ring (bicyclic) bond motifs is 1. The van der Waals surface area contributed by atoms with E-state index in [9.17, 15) is 4.79 Å². The lowest BCUT2D eigenvalue weighted by molar-refractivity contribution is 0.112. The monoisotopic (exact) mass is 257 g/mol. The third-order valence-corrected chi connectivity index (χ3v) is 3.02. The largest absolute Gasteiger partial charge is 0.301 e. The van der Waals surface area contributed by atoms with Crippen LogP contribution in [0.4, 0.5) is 0 Å². The van der Waals surface area contributed by atoms with E-state index in [1.807, 2.05) is 29.0 Å². The highest BCUT2D eigenvalue weighted by Gasteiger charge is 2.08. The average Bonchev–Trinajstić information content (AvgIpc) is 2.84. The predicted octanol–water partition coefficient (Wildman–Crippen LogP) is 2.89. The Morgan fingerprint density at radius 3 is 2.94 bits per heavy atom. The Hall–Kier alpha value is -2.20. The van der Waals surface area contributed by atoms with Crippen LogP contribution in [0.3, 0.4) is 0 Å². The lowest BCUT2D eigenvalue weighted by Crippen LogP contribution is -1.95. The molecule has 88 valence electrons. The van der Waals surface area contributed by atoms with Gasteiger partial charge in [-0.25, -0.2) is 9.97 Å². The first-order valence-electron chi connectivity index (χ1n) is 5.33. The van der Waals surface area contributed by atoms with Crippen LogP contribution in [-0.4, -0.2) is 20.8 Å². The zero-order valence-electron chi connectivity index (χ0n) is 9.25. The minimum absolute atomic E-state index is 0.422. The highest BCUT2D eigenvalue weighted by Crippen LogP contribution is 2.23. The standard InChI is InChI=1S/C13H8ClN3O/c14-12-11-4-5-17(13(11)16-8-15-12)10-3-1-2-9(6-10)7-18/h1-8H. The molecule has 2 heterocycles. The molecule has 0 unspecified atom stereocenters. The van der Waals surface area contributed by atoms with Crippen LogP contribution in [0, 0.1) is 0 Å². The number of hydrogen-bond acceptors (Lipinski definition) is 3. The maximum absolute atomic E-state index is 10.8. The summed E-state index contributed by atoms with van der Waals surface area (Å²) < 4.78 is 1.87. The van der Waals surface area contributed by atoms with Gasteiger partial charge in [0.1, 0.15) is 23.4 Å². The molecule has 3 aromatic rings. The molecular formula is C13H8ClN3O. The van der Waals surface area contributed by atoms with E-state index >= 15 is 0 Å². The van der Waals surface area contributed by atoms with Crippen LogP contribution in [0.1, 0.15) is 10.4 Å². The summed E-state index contributed by atoms with van der Waals surface area (Å²) in [4.78, 5) is 18.9. The van der Waals surface area contributed by atoms with Crippen LogP contribution in [0.2, 0.25) is 5.15 Å². The average molecular weight is 258 g/mol. The molecule has 0 atom stereocenters. The molecule has 3 rings (SSSR count). The molecule has 0 fully saturated rings. The smallest absolute Gasteiger partial charge is 0.150 e. The topological polar surface area (TPSA) is 47.8 Å². The number of carbonyl (C=O) groups excluding carboxylic acids is 1. The molecule has 4 nitrogen and oxygen atoms in total. The lowest BCUT2D eigenvalue weighted by Gasteiger charge is -2.05. The number of hydrogen-bond donors (Lipinski definition) is 0. The number of aldehydes is 1. The highest BCUT2D eigenvalue weighted by atomic mass is 35.5. The zero-order valence-corrected chi connectivity index (χ0v) is 10.0. The van der Waals surface area contributed by atoms with Crippen molar-refractivity contribution in [1.82, 2.24) is 14.5 Å². The second-order valence-corrected chi connectivity index (χ2v) is 4.16. The van der Waals surface area contributed by atoms with E-state index in [1.54, 1.807) is 12.1 Å². The molecule has 0 amide bonds. The molecule has 0 radical (unpaired) electrons. The summed E-state index contributed by atoms with van der Waals surface area (Å²) in [5, 5.41) is 1.21. The molecule has 0 N–H and O–H groups in total. The van der Waals surface area contributed by atoms with E-state index < -0.39 is 0 Å². The van der Waals surface area contributed by atoms with Crippen LogP contribution in [0.25, 0.3) is 16.7 Å². The molecule has 0 saturated carbocycles. The van der Waals surface area contributed by atoms with Crippen molar-refractivity contribution in [2.75, 3.05) is 0 Å². The van der Waals surface area contributed by atoms with Crippen LogP contribution >= 0.6 is 11.6 Å². The van der Waals surface area contributed by atoms with Gasteiger partial charge < -0.3 is 4.57 Å². The van der Waals surface area contributed by atoms with Crippen LogP contribution in [-0.2, 0) is 0 Å². The Labute approximate surface area is 108 Å². The van der Waals surface area contributed by atoms with Gasteiger partial charge in [0.25, 0.3) is 0 Å². The number of aromatic nitrogens is 3. The summed E-state index contributed by atoms with van der Waals surface area (Å²) in [6, 6.07) is 9.13. The minimum atomic E-state index is 0.422. The number of nitrogens with zero attached hydrogens (tertiary/aromatic N) is 3. The lowest BCUT2D eigenvalue weighted by atomic mass is 10.2. The quantitative estimate of drug-likeness (QED) is 0.524. The van der Waals surface area contributed by atoms with E-state index in [4.69, 9.17) is 11.6 Å². The Morgan fingerprint density at radius 2 is 2.11 bits per heavy atom. The summed E-state index contributed by atoms with van der Waals surface area (Å²) in [5.74, 6) is 0. The van der Waals surface area contributed by atoms with Gasteiger partial charge in [0, 0.05) is 17.4 Å². The third-order valence-electron chi connectivity index (χ3n) is 2.72. The fourth-order valence-electron chi connectivity index (χ4n) is 1.88. The van der Waals surface area contributed by atoms with Crippen molar-refractivity contribution < 1.29 is 4.79 Å². The summed E-state index contributed by atoms with van der Waals surface area (Å²) in [7, 11) is 0. The molecule has 2 aromatic heterocycles. The molecule has 0 aliphatic heterocycles. The summed E-state index contributed by atoms with van der Waals surface area (Å²) in [6.07, 6.45) is 4.09. The van der Waals surface area contributed by atoms with Gasteiger partial charge in [-0.3, -0.25) is 4.79 Å². The fraction of sp³-hybridized carbons (Fsp3) is 0. The van der Waals surface area contributed by atoms with Gasteiger partial charge in [0.05, 0.1) is 5.39 Å². The molecule has 5 heteroatoms. The van der Waals surface area contributed by atoms with E-state index in [0.717, 1.165) is 23.0 Å². The number of rotatable bonds is 2. The van der Waals surface area contributed by atoms with Crippen molar-refractivity contribution in [1.29, 1.82) is 0 Å². The van der Waals surface area contributed by atoms with Crippen molar-refractivity contribution in [3.8, 4) is 5.69 Å². The summed E-state index contributed by atoms with van der Waals surface area (Å²) in [5.41, 5.74) is 2.21. The van der Waals surface area contributed by atoms with Crippen molar-refractivity contribution in [2.24, 2.45) is 0 Å². The summed E-state index contributed by atoms with van der Waals surface area (Å²) in [6.45, 7) is 0. The van der Waals surface area contributed by atoms with Gasteiger partial charge >= 0.3 is 0 Å². The Balaban J connectivity index is 2.25. The predicted molar refractivity (Wildman–Crippen MR) is 69.3 cm³/mol. The fourth-order valence-corrected chi connectivity index (χ4v) is 2.07. The van der Waals surface area contributed by atoms with Crippen LogP contribution in [0.5, 0.6) is 0 Å². The van der Waals surface area contributed by atoms with Gasteiger partial charge in [-0.15, -0.1) is 0 Å². The van der Waals surface area contributed by atoms with Gasteiger partial charge in [-0.1, -0.05) is 23.7 Å².